The van der Waals surface area contributed by atoms with Gasteiger partial charge in [0.15, 0.2) is 0 Å². The fourth-order valence-corrected chi connectivity index (χ4v) is 2.33. The van der Waals surface area contributed by atoms with Crippen LogP contribution in [0, 0.1) is 0 Å². The maximum Gasteiger partial charge on any atom is 0.223 e. The van der Waals surface area contributed by atoms with Gasteiger partial charge in [-0.25, -0.2) is 0 Å². The Bertz CT molecular complexity index is 547. The maximum atomic E-state index is 11.3. The first kappa shape index (κ1) is 17.4. The highest BCUT2D eigenvalue weighted by molar-refractivity contribution is 5.75. The summed E-state index contributed by atoms with van der Waals surface area (Å²) in [6.07, 6.45) is -4.22. The largest absolute Gasteiger partial charge is 0.463 e. The summed E-state index contributed by atoms with van der Waals surface area (Å²) in [6, 6.07) is 5.11. The Morgan fingerprint density at radius 3 is 2.48 bits per heavy atom. The second-order valence-corrected chi connectivity index (χ2v) is 5.24. The van der Waals surface area contributed by atoms with Crippen LogP contribution >= 0.6 is 0 Å². The molecule has 0 aliphatic carbocycles. The van der Waals surface area contributed by atoms with E-state index in [9.17, 15) is 24.9 Å². The first-order valence-electron chi connectivity index (χ1n) is 7.07. The third-order valence-electron chi connectivity index (χ3n) is 3.52. The van der Waals surface area contributed by atoms with Crippen LogP contribution in [-0.2, 0) is 9.53 Å². The van der Waals surface area contributed by atoms with Crippen molar-refractivity contribution in [3.05, 3.63) is 29.8 Å². The third-order valence-corrected chi connectivity index (χ3v) is 3.52. The molecule has 0 aromatic heterocycles. The molecule has 1 fully saturated rings. The summed E-state index contributed by atoms with van der Waals surface area (Å²) in [5.41, 5.74) is 0.462. The van der Waals surface area contributed by atoms with Crippen molar-refractivity contribution in [2.24, 2.45) is 0 Å². The number of benzene rings is 1. The van der Waals surface area contributed by atoms with E-state index in [1.165, 1.54) is 31.2 Å². The second-order valence-electron chi connectivity index (χ2n) is 5.24. The normalized spacial score (nSPS) is 30.5. The minimum absolute atomic E-state index is 0.344. The van der Waals surface area contributed by atoms with E-state index < -0.39 is 43.2 Å². The zero-order valence-corrected chi connectivity index (χ0v) is 12.5. The third kappa shape index (κ3) is 4.05. The number of aliphatic hydroxyl groups excluding tert-OH is 3. The molecule has 126 valence electrons. The van der Waals surface area contributed by atoms with E-state index in [2.05, 4.69) is 5.32 Å². The average molecular weight is 325 g/mol. The Morgan fingerprint density at radius 2 is 1.96 bits per heavy atom. The molecular formula is C15H19NO7. The Kier molecular flexibility index (Phi) is 5.67. The molecular weight excluding hydrogens is 306 g/mol. The van der Waals surface area contributed by atoms with Crippen molar-refractivity contribution in [3.63, 3.8) is 0 Å². The molecule has 0 radical (unpaired) electrons. The number of ether oxygens (including phenoxy) is 2. The molecule has 0 bridgehead atoms. The SMILES string of the molecule is CC(=O)N[C@H]1[C@H](Oc2ccc(C=O)cc2)O[C@H](CO)[C@H](O)[C@@H]1O. The van der Waals surface area contributed by atoms with Gasteiger partial charge in [-0.05, 0) is 24.3 Å². The van der Waals surface area contributed by atoms with Gasteiger partial charge in [0.25, 0.3) is 0 Å². The van der Waals surface area contributed by atoms with Gasteiger partial charge in [-0.15, -0.1) is 0 Å². The topological polar surface area (TPSA) is 125 Å². The molecule has 1 heterocycles. The summed E-state index contributed by atoms with van der Waals surface area (Å²) in [6.45, 7) is 0.738. The predicted molar refractivity (Wildman–Crippen MR) is 77.8 cm³/mol. The van der Waals surface area contributed by atoms with E-state index in [4.69, 9.17) is 9.47 Å². The molecule has 0 saturated carbocycles. The van der Waals surface area contributed by atoms with Gasteiger partial charge >= 0.3 is 0 Å². The lowest BCUT2D eigenvalue weighted by molar-refractivity contribution is -0.244. The quantitative estimate of drug-likeness (QED) is 0.502. The number of hydrogen-bond acceptors (Lipinski definition) is 7. The number of aliphatic hydroxyl groups is 3. The van der Waals surface area contributed by atoms with Gasteiger partial charge in [0.1, 0.15) is 36.4 Å². The van der Waals surface area contributed by atoms with Gasteiger partial charge in [0, 0.05) is 12.5 Å². The maximum absolute atomic E-state index is 11.3. The number of amides is 1. The van der Waals surface area contributed by atoms with Crippen LogP contribution in [0.25, 0.3) is 0 Å². The first-order chi connectivity index (χ1) is 11.0. The zero-order valence-electron chi connectivity index (χ0n) is 12.5. The minimum atomic E-state index is -1.37. The summed E-state index contributed by atoms with van der Waals surface area (Å²) in [4.78, 5) is 21.9. The molecule has 8 nitrogen and oxygen atoms in total. The first-order valence-corrected chi connectivity index (χ1v) is 7.07. The molecule has 1 saturated heterocycles. The van der Waals surface area contributed by atoms with Crippen LogP contribution in [0.4, 0.5) is 0 Å². The second kappa shape index (κ2) is 7.51. The highest BCUT2D eigenvalue weighted by Crippen LogP contribution is 2.24. The Labute approximate surface area is 132 Å². The van der Waals surface area contributed by atoms with Crippen LogP contribution in [0.1, 0.15) is 17.3 Å². The number of carbonyl (C=O) groups is 2. The average Bonchev–Trinajstić information content (AvgIpc) is 2.54. The van der Waals surface area contributed by atoms with Gasteiger partial charge in [-0.2, -0.15) is 0 Å². The molecule has 0 unspecified atom stereocenters. The highest BCUT2D eigenvalue weighted by atomic mass is 16.7. The Balaban J connectivity index is 2.19. The van der Waals surface area contributed by atoms with Crippen LogP contribution in [-0.4, -0.2) is 64.8 Å². The lowest BCUT2D eigenvalue weighted by Gasteiger charge is -2.42. The van der Waals surface area contributed by atoms with E-state index in [0.29, 0.717) is 17.6 Å². The number of nitrogens with one attached hydrogen (secondary N) is 1. The van der Waals surface area contributed by atoms with Crippen LogP contribution in [0.3, 0.4) is 0 Å². The molecule has 1 aromatic rings. The summed E-state index contributed by atoms with van der Waals surface area (Å²) in [7, 11) is 0. The molecule has 1 amide bonds. The van der Waals surface area contributed by atoms with Crippen molar-refractivity contribution in [1.82, 2.24) is 5.32 Å². The van der Waals surface area contributed by atoms with E-state index in [-0.39, 0.29) is 0 Å². The lowest BCUT2D eigenvalue weighted by atomic mass is 9.97. The van der Waals surface area contributed by atoms with E-state index >= 15 is 0 Å². The lowest BCUT2D eigenvalue weighted by Crippen LogP contribution is -2.65. The van der Waals surface area contributed by atoms with E-state index in [1.54, 1.807) is 0 Å². The van der Waals surface area contributed by atoms with E-state index in [0.717, 1.165) is 0 Å². The summed E-state index contributed by atoms with van der Waals surface area (Å²) in [5, 5.41) is 31.7. The van der Waals surface area contributed by atoms with Gasteiger partial charge in [0.05, 0.1) is 6.61 Å². The molecule has 2 rings (SSSR count). The number of rotatable bonds is 5. The zero-order chi connectivity index (χ0) is 17.0. The molecule has 1 aliphatic rings. The van der Waals surface area contributed by atoms with Crippen molar-refractivity contribution in [3.8, 4) is 5.75 Å². The summed E-state index contributed by atoms with van der Waals surface area (Å²) in [5.74, 6) is -0.0894. The van der Waals surface area contributed by atoms with Gasteiger partial charge < -0.3 is 30.1 Å². The van der Waals surface area contributed by atoms with Crippen molar-refractivity contribution >= 4 is 12.2 Å². The predicted octanol–water partition coefficient (Wildman–Crippen LogP) is -1.18. The van der Waals surface area contributed by atoms with Gasteiger partial charge in [-0.3, -0.25) is 9.59 Å². The van der Waals surface area contributed by atoms with Crippen molar-refractivity contribution < 1.29 is 34.4 Å². The van der Waals surface area contributed by atoms with Crippen molar-refractivity contribution in [1.29, 1.82) is 0 Å². The van der Waals surface area contributed by atoms with Gasteiger partial charge in [0.2, 0.25) is 12.2 Å². The molecule has 8 heteroatoms. The molecule has 23 heavy (non-hydrogen) atoms. The standard InChI is InChI=1S/C15H19NO7/c1-8(19)16-12-14(21)13(20)11(7-18)23-15(12)22-10-4-2-9(6-17)3-5-10/h2-6,11-15,18,20-21H,7H2,1H3,(H,16,19)/t11-,12-,13+,14-,15-/m1/s1. The van der Waals surface area contributed by atoms with Crippen molar-refractivity contribution in [2.45, 2.75) is 37.6 Å². The molecule has 1 aromatic carbocycles. The molecule has 0 spiro atoms. The van der Waals surface area contributed by atoms with Crippen LogP contribution in [0.2, 0.25) is 0 Å². The number of carbonyl (C=O) groups excluding carboxylic acids is 2. The number of hydrogen-bond donors (Lipinski definition) is 4. The van der Waals surface area contributed by atoms with E-state index in [1.807, 2.05) is 0 Å². The Hall–Kier alpha value is -2.00. The Morgan fingerprint density at radius 1 is 1.30 bits per heavy atom. The molecule has 4 N–H and O–H groups in total. The van der Waals surface area contributed by atoms with Crippen LogP contribution < -0.4 is 10.1 Å². The smallest absolute Gasteiger partial charge is 0.223 e. The van der Waals surface area contributed by atoms with Crippen LogP contribution in [0.5, 0.6) is 5.75 Å². The molecule has 5 atom stereocenters. The number of aldehydes is 1. The minimum Gasteiger partial charge on any atom is -0.463 e. The van der Waals surface area contributed by atoms with Crippen molar-refractivity contribution in [2.75, 3.05) is 6.61 Å². The molecule has 1 aliphatic heterocycles. The fourth-order valence-electron chi connectivity index (χ4n) is 2.33. The fraction of sp³-hybridized carbons (Fsp3) is 0.467. The van der Waals surface area contributed by atoms with Crippen LogP contribution in [0.15, 0.2) is 24.3 Å². The van der Waals surface area contributed by atoms with Gasteiger partial charge in [-0.1, -0.05) is 0 Å². The monoisotopic (exact) mass is 325 g/mol. The summed E-state index contributed by atoms with van der Waals surface area (Å²) < 4.78 is 11.0. The summed E-state index contributed by atoms with van der Waals surface area (Å²) >= 11 is 0. The highest BCUT2D eigenvalue weighted by Gasteiger charge is 2.46.